The van der Waals surface area contributed by atoms with Gasteiger partial charge in [0.25, 0.3) is 0 Å². The molecule has 2 atom stereocenters. The van der Waals surface area contributed by atoms with E-state index in [0.29, 0.717) is 0 Å². The van der Waals surface area contributed by atoms with Gasteiger partial charge < -0.3 is 10.2 Å². The molecule has 0 spiro atoms. The van der Waals surface area contributed by atoms with Gasteiger partial charge in [0.05, 0.1) is 0 Å². The molecular weight excluding hydrogens is 232 g/mol. The van der Waals surface area contributed by atoms with Crippen LogP contribution in [0.4, 0.5) is 0 Å². The van der Waals surface area contributed by atoms with Gasteiger partial charge in [0, 0.05) is 19.1 Å². The van der Waals surface area contributed by atoms with Crippen molar-refractivity contribution in [3.63, 3.8) is 0 Å². The van der Waals surface area contributed by atoms with Crippen LogP contribution in [-0.4, -0.2) is 37.1 Å². The Morgan fingerprint density at radius 3 is 2.42 bits per heavy atom. The van der Waals surface area contributed by atoms with E-state index in [4.69, 9.17) is 0 Å². The molecule has 2 fully saturated rings. The van der Waals surface area contributed by atoms with Crippen molar-refractivity contribution in [1.82, 2.24) is 10.2 Å². The molecule has 0 aromatic carbocycles. The molecule has 112 valence electrons. The van der Waals surface area contributed by atoms with Gasteiger partial charge in [0.1, 0.15) is 0 Å². The van der Waals surface area contributed by atoms with Crippen molar-refractivity contribution in [3.05, 3.63) is 0 Å². The fourth-order valence-corrected chi connectivity index (χ4v) is 3.70. The summed E-state index contributed by atoms with van der Waals surface area (Å²) >= 11 is 0. The van der Waals surface area contributed by atoms with Gasteiger partial charge >= 0.3 is 0 Å². The molecule has 0 amide bonds. The minimum absolute atomic E-state index is 0.783. The van der Waals surface area contributed by atoms with Crippen LogP contribution in [0.5, 0.6) is 0 Å². The number of hydrogen-bond donors (Lipinski definition) is 1. The van der Waals surface area contributed by atoms with Crippen molar-refractivity contribution in [2.45, 2.75) is 71.3 Å². The quantitative estimate of drug-likeness (QED) is 0.674. The first-order valence-electron chi connectivity index (χ1n) is 8.79. The maximum absolute atomic E-state index is 3.76. The summed E-state index contributed by atoms with van der Waals surface area (Å²) in [7, 11) is 0. The average Bonchev–Trinajstić information content (AvgIpc) is 3.20. The van der Waals surface area contributed by atoms with Crippen molar-refractivity contribution >= 4 is 0 Å². The highest BCUT2D eigenvalue weighted by atomic mass is 15.1. The molecule has 0 aliphatic heterocycles. The molecule has 2 rings (SSSR count). The molecule has 1 N–H and O–H groups in total. The summed E-state index contributed by atoms with van der Waals surface area (Å²) in [6.45, 7) is 9.76. The fourth-order valence-electron chi connectivity index (χ4n) is 3.70. The Hall–Kier alpha value is -0.0800. The lowest BCUT2D eigenvalue weighted by Gasteiger charge is -2.32. The largest absolute Gasteiger partial charge is 0.314 e. The molecule has 0 bridgehead atoms. The van der Waals surface area contributed by atoms with Crippen LogP contribution in [0.15, 0.2) is 0 Å². The van der Waals surface area contributed by atoms with Crippen LogP contribution in [0.3, 0.4) is 0 Å². The summed E-state index contributed by atoms with van der Waals surface area (Å²) in [6.07, 6.45) is 11.5. The lowest BCUT2D eigenvalue weighted by Crippen LogP contribution is -2.42. The maximum atomic E-state index is 3.76. The molecule has 2 nitrogen and oxygen atoms in total. The highest BCUT2D eigenvalue weighted by molar-refractivity contribution is 4.84. The van der Waals surface area contributed by atoms with Crippen LogP contribution in [0.25, 0.3) is 0 Å². The number of rotatable bonds is 8. The minimum atomic E-state index is 0.783. The minimum Gasteiger partial charge on any atom is -0.314 e. The second-order valence-corrected chi connectivity index (χ2v) is 6.77. The average molecular weight is 266 g/mol. The van der Waals surface area contributed by atoms with Crippen LogP contribution in [-0.2, 0) is 0 Å². The second-order valence-electron chi connectivity index (χ2n) is 6.77. The van der Waals surface area contributed by atoms with E-state index in [9.17, 15) is 0 Å². The van der Waals surface area contributed by atoms with Gasteiger partial charge in [-0.05, 0) is 57.0 Å². The van der Waals surface area contributed by atoms with Crippen LogP contribution >= 0.6 is 0 Å². The Morgan fingerprint density at radius 2 is 1.74 bits per heavy atom. The van der Waals surface area contributed by atoms with E-state index in [0.717, 1.165) is 24.4 Å². The van der Waals surface area contributed by atoms with E-state index in [2.05, 4.69) is 24.1 Å². The molecule has 2 saturated carbocycles. The van der Waals surface area contributed by atoms with E-state index in [1.165, 1.54) is 71.0 Å². The van der Waals surface area contributed by atoms with E-state index in [1.54, 1.807) is 0 Å². The molecule has 2 unspecified atom stereocenters. The van der Waals surface area contributed by atoms with Gasteiger partial charge in [-0.25, -0.2) is 0 Å². The smallest absolute Gasteiger partial charge is 0.0107 e. The summed E-state index contributed by atoms with van der Waals surface area (Å²) < 4.78 is 0. The Morgan fingerprint density at radius 1 is 0.947 bits per heavy atom. The van der Waals surface area contributed by atoms with Gasteiger partial charge in [0.2, 0.25) is 0 Å². The van der Waals surface area contributed by atoms with Crippen molar-refractivity contribution in [2.24, 2.45) is 11.8 Å². The third-order valence-electron chi connectivity index (χ3n) is 4.87. The van der Waals surface area contributed by atoms with Crippen LogP contribution < -0.4 is 5.32 Å². The van der Waals surface area contributed by atoms with Gasteiger partial charge in [-0.1, -0.05) is 33.1 Å². The summed E-state index contributed by atoms with van der Waals surface area (Å²) in [5.41, 5.74) is 0. The highest BCUT2D eigenvalue weighted by Crippen LogP contribution is 2.31. The van der Waals surface area contributed by atoms with Crippen LogP contribution in [0.2, 0.25) is 0 Å². The fraction of sp³-hybridized carbons (Fsp3) is 1.00. The molecule has 2 aliphatic rings. The number of nitrogens with zero attached hydrogens (tertiary/aromatic N) is 1. The highest BCUT2D eigenvalue weighted by Gasteiger charge is 2.28. The lowest BCUT2D eigenvalue weighted by atomic mass is 9.93. The predicted octanol–water partition coefficient (Wildman–Crippen LogP) is 3.67. The van der Waals surface area contributed by atoms with E-state index >= 15 is 0 Å². The maximum Gasteiger partial charge on any atom is 0.0107 e. The SMILES string of the molecule is CCCN(CC1CC1)CC1CCCCCC1NCC. The van der Waals surface area contributed by atoms with E-state index < -0.39 is 0 Å². The molecule has 19 heavy (non-hydrogen) atoms. The molecule has 2 aliphatic carbocycles. The lowest BCUT2D eigenvalue weighted by molar-refractivity contribution is 0.188. The second kappa shape index (κ2) is 8.26. The zero-order valence-corrected chi connectivity index (χ0v) is 13.2. The number of hydrogen-bond acceptors (Lipinski definition) is 2. The van der Waals surface area contributed by atoms with Crippen molar-refractivity contribution < 1.29 is 0 Å². The summed E-state index contributed by atoms with van der Waals surface area (Å²) in [5.74, 6) is 1.93. The Bertz CT molecular complexity index is 237. The normalized spacial score (nSPS) is 28.6. The zero-order valence-electron chi connectivity index (χ0n) is 13.2. The predicted molar refractivity (Wildman–Crippen MR) is 83.5 cm³/mol. The van der Waals surface area contributed by atoms with Gasteiger partial charge in [-0.3, -0.25) is 0 Å². The van der Waals surface area contributed by atoms with Gasteiger partial charge in [0.15, 0.2) is 0 Å². The van der Waals surface area contributed by atoms with Crippen molar-refractivity contribution in [3.8, 4) is 0 Å². The molecule has 0 heterocycles. The topological polar surface area (TPSA) is 15.3 Å². The Kier molecular flexibility index (Phi) is 6.66. The van der Waals surface area contributed by atoms with Crippen molar-refractivity contribution in [2.75, 3.05) is 26.2 Å². The molecule has 0 aromatic rings. The third-order valence-corrected chi connectivity index (χ3v) is 4.87. The molecule has 0 radical (unpaired) electrons. The third kappa shape index (κ3) is 5.43. The Balaban J connectivity index is 1.86. The summed E-state index contributed by atoms with van der Waals surface area (Å²) in [5, 5.41) is 3.76. The molecule has 2 heteroatoms. The molecular formula is C17H34N2. The Labute approximate surface area is 120 Å². The first kappa shape index (κ1) is 15.3. The molecule has 0 saturated heterocycles. The van der Waals surface area contributed by atoms with Gasteiger partial charge in [-0.2, -0.15) is 0 Å². The standard InChI is InChI=1S/C17H34N2/c1-3-12-19(13-15-10-11-15)14-16-8-6-5-7-9-17(16)18-4-2/h15-18H,3-14H2,1-2H3. The first-order valence-corrected chi connectivity index (χ1v) is 8.79. The zero-order chi connectivity index (χ0) is 13.5. The van der Waals surface area contributed by atoms with E-state index in [1.807, 2.05) is 0 Å². The first-order chi connectivity index (χ1) is 9.33. The van der Waals surface area contributed by atoms with Gasteiger partial charge in [-0.15, -0.1) is 0 Å². The van der Waals surface area contributed by atoms with Crippen LogP contribution in [0.1, 0.15) is 65.2 Å². The monoisotopic (exact) mass is 266 g/mol. The summed E-state index contributed by atoms with van der Waals surface area (Å²) in [4.78, 5) is 2.78. The van der Waals surface area contributed by atoms with Crippen LogP contribution in [0, 0.1) is 11.8 Å². The van der Waals surface area contributed by atoms with Crippen molar-refractivity contribution in [1.29, 1.82) is 0 Å². The molecule has 0 aromatic heterocycles. The van der Waals surface area contributed by atoms with E-state index in [-0.39, 0.29) is 0 Å². The summed E-state index contributed by atoms with van der Waals surface area (Å²) in [6, 6.07) is 0.783. The number of nitrogens with one attached hydrogen (secondary N) is 1.